The van der Waals surface area contributed by atoms with E-state index >= 15 is 0 Å². The van der Waals surface area contributed by atoms with Crippen LogP contribution in [0.5, 0.6) is 0 Å². The fraction of sp³-hybridized carbons (Fsp3) is 0.400. The van der Waals surface area contributed by atoms with Crippen molar-refractivity contribution < 1.29 is 13.6 Å². The van der Waals surface area contributed by atoms with Gasteiger partial charge in [0.25, 0.3) is 0 Å². The molecule has 0 saturated carbocycles. The van der Waals surface area contributed by atoms with Gasteiger partial charge in [0.05, 0.1) is 0 Å². The molecule has 0 unspecified atom stereocenters. The van der Waals surface area contributed by atoms with E-state index in [1.807, 2.05) is 44.2 Å². The Morgan fingerprint density at radius 3 is 2.13 bits per heavy atom. The Morgan fingerprint density at radius 1 is 1.13 bits per heavy atom. The maximum atomic E-state index is 12.2. The Hall–Kier alpha value is 0.160. The minimum atomic E-state index is -2.81. The summed E-state index contributed by atoms with van der Waals surface area (Å²) >= 11 is -0.919. The molecule has 15 heavy (non-hydrogen) atoms. The molecule has 0 bridgehead atoms. The Kier molecular flexibility index (Phi) is 5.89. The molecule has 84 valence electrons. The topological polar surface area (TPSA) is 35.5 Å². The summed E-state index contributed by atoms with van der Waals surface area (Å²) < 4.78 is 23.8. The molecule has 0 spiro atoms. The molecule has 0 aliphatic rings. The molecule has 0 amide bonds. The average Bonchev–Trinajstić information content (AvgIpc) is 2.19. The Labute approximate surface area is 100 Å². The third kappa shape index (κ3) is 4.68. The van der Waals surface area contributed by atoms with Crippen LogP contribution in [0.15, 0.2) is 30.3 Å². The molecule has 0 radical (unpaired) electrons. The standard InChI is InChI=1S/C10H15O3PTe/c1-3-12-14(11,13-4-2)15-10-8-6-5-7-9-10/h5-9H,3-4H2,1-2H3. The number of hydrogen-bond acceptors (Lipinski definition) is 3. The first kappa shape index (κ1) is 13.2. The Balaban J connectivity index is 2.71. The first-order chi connectivity index (χ1) is 7.20. The second-order valence-corrected chi connectivity index (χ2v) is 11.0. The SMILES string of the molecule is CCOP(=O)(OCC)[Te]c1ccccc1. The van der Waals surface area contributed by atoms with Crippen LogP contribution in [0.3, 0.4) is 0 Å². The van der Waals surface area contributed by atoms with E-state index in [-0.39, 0.29) is 0 Å². The predicted molar refractivity (Wildman–Crippen MR) is 62.7 cm³/mol. The summed E-state index contributed by atoms with van der Waals surface area (Å²) in [5.41, 5.74) is 0. The fourth-order valence-corrected chi connectivity index (χ4v) is 8.62. The first-order valence-electron chi connectivity index (χ1n) is 4.84. The monoisotopic (exact) mass is 344 g/mol. The molecule has 1 aromatic rings. The van der Waals surface area contributed by atoms with Crippen LogP contribution in [0, 0.1) is 0 Å². The summed E-state index contributed by atoms with van der Waals surface area (Å²) in [6.07, 6.45) is 0. The average molecular weight is 342 g/mol. The van der Waals surface area contributed by atoms with Crippen LogP contribution in [0.25, 0.3) is 0 Å². The Morgan fingerprint density at radius 2 is 1.67 bits per heavy atom. The third-order valence-corrected chi connectivity index (χ3v) is 9.42. The van der Waals surface area contributed by atoms with Crippen molar-refractivity contribution in [2.75, 3.05) is 13.2 Å². The van der Waals surface area contributed by atoms with Gasteiger partial charge in [0, 0.05) is 0 Å². The van der Waals surface area contributed by atoms with Crippen LogP contribution < -0.4 is 3.61 Å². The molecule has 5 heteroatoms. The summed E-state index contributed by atoms with van der Waals surface area (Å²) in [4.78, 5) is 0. The van der Waals surface area contributed by atoms with Gasteiger partial charge in [-0.25, -0.2) is 0 Å². The van der Waals surface area contributed by atoms with Gasteiger partial charge >= 0.3 is 100 Å². The minimum absolute atomic E-state index is 0.439. The normalized spacial score (nSPS) is 11.6. The Bertz CT molecular complexity index is 319. The van der Waals surface area contributed by atoms with E-state index in [1.54, 1.807) is 0 Å². The van der Waals surface area contributed by atoms with Crippen molar-refractivity contribution >= 4 is 29.3 Å². The van der Waals surface area contributed by atoms with Crippen molar-refractivity contribution in [2.24, 2.45) is 0 Å². The van der Waals surface area contributed by atoms with E-state index in [9.17, 15) is 4.57 Å². The predicted octanol–water partition coefficient (Wildman–Crippen LogP) is 2.20. The molecule has 0 fully saturated rings. The summed E-state index contributed by atoms with van der Waals surface area (Å²) in [5.74, 6) is 0. The van der Waals surface area contributed by atoms with Crippen molar-refractivity contribution in [1.82, 2.24) is 0 Å². The molecule has 1 aromatic carbocycles. The van der Waals surface area contributed by atoms with Gasteiger partial charge < -0.3 is 0 Å². The van der Waals surface area contributed by atoms with Crippen molar-refractivity contribution in [1.29, 1.82) is 0 Å². The van der Waals surface area contributed by atoms with Gasteiger partial charge in [-0.05, 0) is 0 Å². The molecule has 0 atom stereocenters. The molecule has 3 nitrogen and oxygen atoms in total. The van der Waals surface area contributed by atoms with E-state index in [2.05, 4.69) is 0 Å². The van der Waals surface area contributed by atoms with E-state index in [0.29, 0.717) is 13.2 Å². The molecule has 0 aliphatic carbocycles. The van der Waals surface area contributed by atoms with E-state index < -0.39 is 25.7 Å². The third-order valence-electron chi connectivity index (χ3n) is 1.53. The van der Waals surface area contributed by atoms with Gasteiger partial charge in [0.2, 0.25) is 0 Å². The molecule has 0 aromatic heterocycles. The summed E-state index contributed by atoms with van der Waals surface area (Å²) in [6, 6.07) is 9.80. The van der Waals surface area contributed by atoms with Crippen molar-refractivity contribution in [3.63, 3.8) is 0 Å². The number of benzene rings is 1. The van der Waals surface area contributed by atoms with E-state index in [1.165, 1.54) is 0 Å². The van der Waals surface area contributed by atoms with Crippen molar-refractivity contribution in [3.8, 4) is 0 Å². The maximum absolute atomic E-state index is 12.2. The van der Waals surface area contributed by atoms with Gasteiger partial charge in [0.1, 0.15) is 0 Å². The van der Waals surface area contributed by atoms with E-state index in [0.717, 1.165) is 3.61 Å². The van der Waals surface area contributed by atoms with Gasteiger partial charge in [-0.3, -0.25) is 0 Å². The summed E-state index contributed by atoms with van der Waals surface area (Å²) in [6.45, 7) is 4.55. The van der Waals surface area contributed by atoms with Crippen LogP contribution >= 0.6 is 5.29 Å². The molecule has 0 aliphatic heterocycles. The summed E-state index contributed by atoms with van der Waals surface area (Å²) in [5, 5.41) is -2.81. The molecule has 0 heterocycles. The zero-order valence-corrected chi connectivity index (χ0v) is 12.1. The van der Waals surface area contributed by atoms with Crippen molar-refractivity contribution in [2.45, 2.75) is 13.8 Å². The second kappa shape index (κ2) is 6.68. The summed E-state index contributed by atoms with van der Waals surface area (Å²) in [7, 11) is 0. The van der Waals surface area contributed by atoms with Crippen LogP contribution in [-0.2, 0) is 13.6 Å². The zero-order valence-electron chi connectivity index (χ0n) is 8.88. The van der Waals surface area contributed by atoms with Crippen molar-refractivity contribution in [3.05, 3.63) is 30.3 Å². The fourth-order valence-electron chi connectivity index (χ4n) is 1.02. The zero-order chi connectivity index (χ0) is 11.1. The number of rotatable bonds is 6. The number of hydrogen-bond donors (Lipinski definition) is 0. The molecular formula is C10H15O3PTe. The second-order valence-electron chi connectivity index (χ2n) is 2.69. The van der Waals surface area contributed by atoms with Crippen LogP contribution in [0.1, 0.15) is 13.8 Å². The van der Waals surface area contributed by atoms with Gasteiger partial charge in [0.15, 0.2) is 0 Å². The molecule has 0 saturated heterocycles. The molecule has 0 N–H and O–H groups in total. The van der Waals surface area contributed by atoms with Gasteiger partial charge in [-0.2, -0.15) is 0 Å². The molecule has 1 rings (SSSR count). The van der Waals surface area contributed by atoms with E-state index in [4.69, 9.17) is 9.05 Å². The molecular weight excluding hydrogens is 327 g/mol. The van der Waals surface area contributed by atoms with Crippen LogP contribution in [0.4, 0.5) is 0 Å². The first-order valence-corrected chi connectivity index (χ1v) is 10.6. The van der Waals surface area contributed by atoms with Crippen LogP contribution in [0.2, 0.25) is 0 Å². The van der Waals surface area contributed by atoms with Gasteiger partial charge in [-0.1, -0.05) is 0 Å². The van der Waals surface area contributed by atoms with Gasteiger partial charge in [-0.15, -0.1) is 0 Å². The quantitative estimate of drug-likeness (QED) is 0.588. The van der Waals surface area contributed by atoms with Crippen LogP contribution in [-0.4, -0.2) is 33.6 Å².